The van der Waals surface area contributed by atoms with Crippen LogP contribution in [0.5, 0.6) is 5.75 Å². The van der Waals surface area contributed by atoms with Crippen LogP contribution >= 0.6 is 0 Å². The van der Waals surface area contributed by atoms with E-state index in [0.29, 0.717) is 42.4 Å². The molecule has 3 rings (SSSR count). The number of para-hydroxylation sites is 1. The van der Waals surface area contributed by atoms with Crippen molar-refractivity contribution >= 4 is 27.5 Å². The molecule has 0 spiro atoms. The van der Waals surface area contributed by atoms with Gasteiger partial charge in [-0.15, -0.1) is 0 Å². The minimum Gasteiger partial charge on any atom is -0.493 e. The standard InChI is InChI=1S/C22H27N3O6S/c1-3-31-19-7-5-4-6-18(19)22(27)23-15-21(26)24-17-9-8-16(2)20(14-17)32(28,29)25-10-12-30-13-11-25/h4-9,14H,3,10-13,15H2,1-2H3,(H,23,27)(H,24,26). The average molecular weight is 462 g/mol. The Kier molecular flexibility index (Phi) is 7.84. The molecule has 0 aliphatic carbocycles. The Bertz CT molecular complexity index is 1080. The smallest absolute Gasteiger partial charge is 0.255 e. The van der Waals surface area contributed by atoms with Gasteiger partial charge >= 0.3 is 0 Å². The third-order valence-electron chi connectivity index (χ3n) is 4.90. The van der Waals surface area contributed by atoms with E-state index >= 15 is 0 Å². The van der Waals surface area contributed by atoms with Crippen molar-refractivity contribution in [2.45, 2.75) is 18.7 Å². The number of nitrogens with one attached hydrogen (secondary N) is 2. The van der Waals surface area contributed by atoms with Gasteiger partial charge in [-0.05, 0) is 43.7 Å². The van der Waals surface area contributed by atoms with Gasteiger partial charge in [-0.1, -0.05) is 18.2 Å². The highest BCUT2D eigenvalue weighted by Gasteiger charge is 2.28. The molecule has 0 saturated carbocycles. The van der Waals surface area contributed by atoms with E-state index < -0.39 is 21.8 Å². The fourth-order valence-corrected chi connectivity index (χ4v) is 4.94. The van der Waals surface area contributed by atoms with Gasteiger partial charge in [0.1, 0.15) is 5.75 Å². The molecular formula is C22H27N3O6S. The highest BCUT2D eigenvalue weighted by Crippen LogP contribution is 2.24. The van der Waals surface area contributed by atoms with Crippen LogP contribution in [0.15, 0.2) is 47.4 Å². The molecule has 0 bridgehead atoms. The second-order valence-electron chi connectivity index (χ2n) is 7.16. The van der Waals surface area contributed by atoms with E-state index in [4.69, 9.17) is 9.47 Å². The van der Waals surface area contributed by atoms with Crippen LogP contribution in [-0.4, -0.2) is 64.0 Å². The zero-order valence-corrected chi connectivity index (χ0v) is 18.9. The van der Waals surface area contributed by atoms with Gasteiger partial charge in [-0.3, -0.25) is 9.59 Å². The first-order chi connectivity index (χ1) is 15.3. The number of anilines is 1. The van der Waals surface area contributed by atoms with Crippen LogP contribution in [0.1, 0.15) is 22.8 Å². The summed E-state index contributed by atoms with van der Waals surface area (Å²) in [5.41, 5.74) is 1.24. The predicted octanol–water partition coefficient (Wildman–Crippen LogP) is 1.78. The van der Waals surface area contributed by atoms with E-state index in [9.17, 15) is 18.0 Å². The summed E-state index contributed by atoms with van der Waals surface area (Å²) in [7, 11) is -3.70. The van der Waals surface area contributed by atoms with Crippen LogP contribution in [0.4, 0.5) is 5.69 Å². The molecule has 0 radical (unpaired) electrons. The maximum absolute atomic E-state index is 13.0. The van der Waals surface area contributed by atoms with Gasteiger partial charge < -0.3 is 20.1 Å². The van der Waals surface area contributed by atoms with Crippen molar-refractivity contribution in [1.82, 2.24) is 9.62 Å². The highest BCUT2D eigenvalue weighted by molar-refractivity contribution is 7.89. The van der Waals surface area contributed by atoms with Gasteiger partial charge in [0.25, 0.3) is 5.91 Å². The number of amides is 2. The monoisotopic (exact) mass is 461 g/mol. The second kappa shape index (κ2) is 10.6. The number of sulfonamides is 1. The molecular weight excluding hydrogens is 434 g/mol. The maximum atomic E-state index is 13.0. The molecule has 1 fully saturated rings. The van der Waals surface area contributed by atoms with E-state index in [0.717, 1.165) is 0 Å². The number of rotatable bonds is 8. The van der Waals surface area contributed by atoms with E-state index in [-0.39, 0.29) is 24.5 Å². The SMILES string of the molecule is CCOc1ccccc1C(=O)NCC(=O)Nc1ccc(C)c(S(=O)(=O)N2CCOCC2)c1. The van der Waals surface area contributed by atoms with Crippen LogP contribution in [0.2, 0.25) is 0 Å². The van der Waals surface area contributed by atoms with E-state index in [1.165, 1.54) is 10.4 Å². The number of hydrogen-bond acceptors (Lipinski definition) is 6. The van der Waals surface area contributed by atoms with Gasteiger partial charge in [0.15, 0.2) is 0 Å². The molecule has 1 heterocycles. The lowest BCUT2D eigenvalue weighted by molar-refractivity contribution is -0.115. The molecule has 1 saturated heterocycles. The van der Waals surface area contributed by atoms with Crippen molar-refractivity contribution in [3.8, 4) is 5.75 Å². The number of aryl methyl sites for hydroxylation is 1. The van der Waals surface area contributed by atoms with Crippen molar-refractivity contribution in [3.05, 3.63) is 53.6 Å². The third kappa shape index (κ3) is 5.64. The average Bonchev–Trinajstić information content (AvgIpc) is 2.80. The van der Waals surface area contributed by atoms with Crippen molar-refractivity contribution in [1.29, 1.82) is 0 Å². The van der Waals surface area contributed by atoms with E-state index in [2.05, 4.69) is 10.6 Å². The molecule has 1 aliphatic heterocycles. The van der Waals surface area contributed by atoms with Crippen LogP contribution in [0.3, 0.4) is 0 Å². The fraction of sp³-hybridized carbons (Fsp3) is 0.364. The number of carbonyl (C=O) groups excluding carboxylic acids is 2. The first-order valence-corrected chi connectivity index (χ1v) is 11.8. The maximum Gasteiger partial charge on any atom is 0.255 e. The summed E-state index contributed by atoms with van der Waals surface area (Å²) in [5, 5.41) is 5.19. The molecule has 0 aromatic heterocycles. The summed E-state index contributed by atoms with van der Waals surface area (Å²) in [5.74, 6) is -0.487. The Morgan fingerprint density at radius 1 is 1.12 bits per heavy atom. The summed E-state index contributed by atoms with van der Waals surface area (Å²) in [6.45, 7) is 4.92. The first kappa shape index (κ1) is 23.7. The number of ether oxygens (including phenoxy) is 2. The Hall–Kier alpha value is -2.95. The molecule has 10 heteroatoms. The molecule has 2 aromatic rings. The number of hydrogen-bond donors (Lipinski definition) is 2. The molecule has 32 heavy (non-hydrogen) atoms. The Morgan fingerprint density at radius 2 is 1.84 bits per heavy atom. The first-order valence-electron chi connectivity index (χ1n) is 10.3. The van der Waals surface area contributed by atoms with Gasteiger partial charge in [0, 0.05) is 18.8 Å². The number of carbonyl (C=O) groups is 2. The summed E-state index contributed by atoms with van der Waals surface area (Å²) in [4.78, 5) is 24.9. The quantitative estimate of drug-likeness (QED) is 0.620. The van der Waals surface area contributed by atoms with Crippen LogP contribution in [-0.2, 0) is 19.6 Å². The van der Waals surface area contributed by atoms with Crippen molar-refractivity contribution in [2.75, 3.05) is 44.8 Å². The lowest BCUT2D eigenvalue weighted by Crippen LogP contribution is -2.40. The van der Waals surface area contributed by atoms with E-state index in [1.54, 1.807) is 43.3 Å². The summed E-state index contributed by atoms with van der Waals surface area (Å²) in [6, 6.07) is 11.5. The number of nitrogens with zero attached hydrogens (tertiary/aromatic N) is 1. The fourth-order valence-electron chi connectivity index (χ4n) is 3.28. The lowest BCUT2D eigenvalue weighted by atomic mass is 10.2. The van der Waals surface area contributed by atoms with Crippen molar-refractivity contribution < 1.29 is 27.5 Å². The van der Waals surface area contributed by atoms with Crippen molar-refractivity contribution in [3.63, 3.8) is 0 Å². The summed E-state index contributed by atoms with van der Waals surface area (Å²) >= 11 is 0. The Balaban J connectivity index is 1.66. The van der Waals surface area contributed by atoms with Crippen LogP contribution in [0.25, 0.3) is 0 Å². The number of benzene rings is 2. The zero-order valence-electron chi connectivity index (χ0n) is 18.1. The second-order valence-corrected chi connectivity index (χ2v) is 9.06. The van der Waals surface area contributed by atoms with Crippen LogP contribution < -0.4 is 15.4 Å². The summed E-state index contributed by atoms with van der Waals surface area (Å²) < 4.78 is 38.0. The zero-order chi connectivity index (χ0) is 23.1. The molecule has 2 amide bonds. The molecule has 1 aliphatic rings. The molecule has 2 N–H and O–H groups in total. The Morgan fingerprint density at radius 3 is 2.56 bits per heavy atom. The predicted molar refractivity (Wildman–Crippen MR) is 119 cm³/mol. The van der Waals surface area contributed by atoms with Gasteiger partial charge in [-0.25, -0.2) is 8.42 Å². The van der Waals surface area contributed by atoms with Gasteiger partial charge in [0.05, 0.1) is 36.8 Å². The van der Waals surface area contributed by atoms with Gasteiger partial charge in [-0.2, -0.15) is 4.31 Å². The molecule has 9 nitrogen and oxygen atoms in total. The minimum absolute atomic E-state index is 0.131. The summed E-state index contributed by atoms with van der Waals surface area (Å²) in [6.07, 6.45) is 0. The molecule has 0 unspecified atom stereocenters. The van der Waals surface area contributed by atoms with Crippen molar-refractivity contribution in [2.24, 2.45) is 0 Å². The molecule has 2 aromatic carbocycles. The Labute approximate surface area is 187 Å². The van der Waals surface area contributed by atoms with Crippen LogP contribution in [0, 0.1) is 6.92 Å². The topological polar surface area (TPSA) is 114 Å². The van der Waals surface area contributed by atoms with Gasteiger partial charge in [0.2, 0.25) is 15.9 Å². The lowest BCUT2D eigenvalue weighted by Gasteiger charge is -2.26. The molecule has 172 valence electrons. The van der Waals surface area contributed by atoms with E-state index in [1.807, 2.05) is 6.92 Å². The largest absolute Gasteiger partial charge is 0.493 e. The third-order valence-corrected chi connectivity index (χ3v) is 6.94. The number of morpholine rings is 1. The minimum atomic E-state index is -3.70. The molecule has 0 atom stereocenters. The normalized spacial score (nSPS) is 14.6. The highest BCUT2D eigenvalue weighted by atomic mass is 32.2.